The summed E-state index contributed by atoms with van der Waals surface area (Å²) in [6.07, 6.45) is 0. The third-order valence-corrected chi connectivity index (χ3v) is 4.31. The van der Waals surface area contributed by atoms with Gasteiger partial charge in [0.25, 0.3) is 0 Å². The zero-order valence-corrected chi connectivity index (χ0v) is 14.9. The fourth-order valence-electron chi connectivity index (χ4n) is 3.18. The number of hydrogen-bond donors (Lipinski definition) is 1. The molecule has 3 nitrogen and oxygen atoms in total. The van der Waals surface area contributed by atoms with Crippen LogP contribution < -0.4 is 5.43 Å². The molecule has 3 heteroatoms. The third-order valence-electron chi connectivity index (χ3n) is 4.31. The second kappa shape index (κ2) is 7.23. The van der Waals surface area contributed by atoms with Gasteiger partial charge in [-0.25, -0.2) is 4.68 Å². The summed E-state index contributed by atoms with van der Waals surface area (Å²) in [5.41, 5.74) is 7.61. The first-order chi connectivity index (χ1) is 13.2. The number of aromatic nitrogens is 1. The summed E-state index contributed by atoms with van der Waals surface area (Å²) < 4.78 is 1.79. The van der Waals surface area contributed by atoms with E-state index in [-0.39, 0.29) is 5.91 Å². The molecule has 0 aliphatic carbocycles. The van der Waals surface area contributed by atoms with Crippen LogP contribution in [-0.2, 0) is 4.79 Å². The molecule has 0 aliphatic rings. The summed E-state index contributed by atoms with van der Waals surface area (Å²) in [6.45, 7) is 1.51. The Morgan fingerprint density at radius 3 is 2.15 bits per heavy atom. The average molecular weight is 350 g/mol. The van der Waals surface area contributed by atoms with E-state index in [9.17, 15) is 4.79 Å². The van der Waals surface area contributed by atoms with Crippen molar-refractivity contribution in [3.8, 4) is 23.0 Å². The van der Waals surface area contributed by atoms with Crippen LogP contribution in [0.25, 0.3) is 22.0 Å². The number of carbonyl (C=O) groups excluding carboxylic acids is 1. The van der Waals surface area contributed by atoms with Crippen molar-refractivity contribution in [3.05, 3.63) is 96.2 Å². The van der Waals surface area contributed by atoms with Crippen molar-refractivity contribution >= 4 is 16.8 Å². The van der Waals surface area contributed by atoms with Crippen LogP contribution in [0.2, 0.25) is 0 Å². The van der Waals surface area contributed by atoms with Gasteiger partial charge in [-0.1, -0.05) is 72.7 Å². The first-order valence-electron chi connectivity index (χ1n) is 8.77. The number of hydrogen-bond acceptors (Lipinski definition) is 1. The van der Waals surface area contributed by atoms with Gasteiger partial charge in [-0.05, 0) is 29.7 Å². The minimum Gasteiger partial charge on any atom is -0.274 e. The Balaban J connectivity index is 2.02. The van der Waals surface area contributed by atoms with Crippen molar-refractivity contribution in [2.45, 2.75) is 6.92 Å². The molecule has 4 rings (SSSR count). The maximum atomic E-state index is 11.8. The van der Waals surface area contributed by atoms with Gasteiger partial charge < -0.3 is 0 Å². The highest BCUT2D eigenvalue weighted by atomic mass is 16.2. The van der Waals surface area contributed by atoms with Crippen LogP contribution in [0.15, 0.2) is 84.9 Å². The predicted molar refractivity (Wildman–Crippen MR) is 110 cm³/mol. The lowest BCUT2D eigenvalue weighted by Gasteiger charge is -2.08. The number of para-hydroxylation sites is 1. The molecule has 1 N–H and O–H groups in total. The zero-order chi connectivity index (χ0) is 18.6. The van der Waals surface area contributed by atoms with Crippen molar-refractivity contribution < 1.29 is 4.79 Å². The molecular weight excluding hydrogens is 332 g/mol. The Morgan fingerprint density at radius 2 is 1.44 bits per heavy atom. The Morgan fingerprint density at radius 1 is 0.815 bits per heavy atom. The summed E-state index contributed by atoms with van der Waals surface area (Å²) in [4.78, 5) is 11.8. The van der Waals surface area contributed by atoms with E-state index in [4.69, 9.17) is 0 Å². The van der Waals surface area contributed by atoms with E-state index in [1.54, 1.807) is 4.68 Å². The van der Waals surface area contributed by atoms with Crippen molar-refractivity contribution in [2.75, 3.05) is 5.43 Å². The van der Waals surface area contributed by atoms with Crippen LogP contribution in [0, 0.1) is 11.8 Å². The molecule has 0 saturated carbocycles. The number of benzene rings is 3. The number of nitrogens with zero attached hydrogens (tertiary/aromatic N) is 1. The number of rotatable bonds is 2. The molecule has 1 amide bonds. The molecule has 130 valence electrons. The smallest absolute Gasteiger partial charge is 0.235 e. The highest BCUT2D eigenvalue weighted by molar-refractivity contribution is 6.01. The van der Waals surface area contributed by atoms with Crippen LogP contribution in [0.4, 0.5) is 0 Å². The lowest BCUT2D eigenvalue weighted by atomic mass is 10.0. The van der Waals surface area contributed by atoms with Gasteiger partial charge in [0.05, 0.1) is 5.52 Å². The fourth-order valence-corrected chi connectivity index (χ4v) is 3.18. The van der Waals surface area contributed by atoms with E-state index in [2.05, 4.69) is 35.5 Å². The van der Waals surface area contributed by atoms with Crippen LogP contribution in [0.3, 0.4) is 0 Å². The molecule has 0 aliphatic heterocycles. The van der Waals surface area contributed by atoms with Crippen molar-refractivity contribution in [3.63, 3.8) is 0 Å². The second-order valence-electron chi connectivity index (χ2n) is 6.23. The lowest BCUT2D eigenvalue weighted by Crippen LogP contribution is -2.21. The second-order valence-corrected chi connectivity index (χ2v) is 6.23. The van der Waals surface area contributed by atoms with E-state index in [0.717, 1.165) is 33.3 Å². The van der Waals surface area contributed by atoms with Gasteiger partial charge in [-0.3, -0.25) is 10.2 Å². The largest absolute Gasteiger partial charge is 0.274 e. The van der Waals surface area contributed by atoms with Gasteiger partial charge in [-0.15, -0.1) is 0 Å². The van der Waals surface area contributed by atoms with Crippen molar-refractivity contribution in [2.24, 2.45) is 0 Å². The Kier molecular flexibility index (Phi) is 4.47. The summed E-state index contributed by atoms with van der Waals surface area (Å²) in [7, 11) is 0. The molecule has 1 heterocycles. The van der Waals surface area contributed by atoms with Crippen LogP contribution >= 0.6 is 0 Å². The molecule has 0 bridgehead atoms. The van der Waals surface area contributed by atoms with Gasteiger partial charge >= 0.3 is 0 Å². The highest BCUT2D eigenvalue weighted by Gasteiger charge is 2.17. The molecule has 0 atom stereocenters. The molecule has 4 aromatic rings. The molecule has 0 unspecified atom stereocenters. The highest BCUT2D eigenvalue weighted by Crippen LogP contribution is 2.34. The predicted octanol–water partition coefficient (Wildman–Crippen LogP) is 4.80. The minimum absolute atomic E-state index is 0.141. The van der Waals surface area contributed by atoms with Gasteiger partial charge in [0.15, 0.2) is 0 Å². The molecule has 0 radical (unpaired) electrons. The SMILES string of the molecule is CC(=O)Nn1c(C#Cc2ccccc2)c(-c2ccccc2)c2ccccc21. The van der Waals surface area contributed by atoms with Crippen molar-refractivity contribution in [1.82, 2.24) is 4.68 Å². The van der Waals surface area contributed by atoms with Gasteiger partial charge in [0.1, 0.15) is 5.69 Å². The number of amides is 1. The molecule has 0 spiro atoms. The first kappa shape index (κ1) is 16.7. The van der Waals surface area contributed by atoms with Crippen LogP contribution in [0.1, 0.15) is 18.2 Å². The van der Waals surface area contributed by atoms with E-state index in [1.807, 2.05) is 66.7 Å². The first-order valence-corrected chi connectivity index (χ1v) is 8.77. The van der Waals surface area contributed by atoms with Gasteiger partial charge in [0.2, 0.25) is 5.91 Å². The molecule has 1 aromatic heterocycles. The van der Waals surface area contributed by atoms with Crippen molar-refractivity contribution in [1.29, 1.82) is 0 Å². The third kappa shape index (κ3) is 3.33. The molecule has 0 fully saturated rings. The standard InChI is InChI=1S/C24H18N2O/c1-18(27)25-26-22-15-9-8-14-21(22)24(20-12-6-3-7-13-20)23(26)17-16-19-10-4-2-5-11-19/h2-15H,1H3,(H,25,27). The Bertz CT molecular complexity index is 1160. The maximum Gasteiger partial charge on any atom is 0.235 e. The van der Waals surface area contributed by atoms with Crippen LogP contribution in [0.5, 0.6) is 0 Å². The summed E-state index contributed by atoms with van der Waals surface area (Å²) in [5.74, 6) is 6.37. The minimum atomic E-state index is -0.141. The van der Waals surface area contributed by atoms with Crippen LogP contribution in [-0.4, -0.2) is 10.6 Å². The van der Waals surface area contributed by atoms with Gasteiger partial charge in [0, 0.05) is 23.4 Å². The average Bonchev–Trinajstić information content (AvgIpc) is 3.01. The number of nitrogens with one attached hydrogen (secondary N) is 1. The number of fused-ring (bicyclic) bond motifs is 1. The Hall–Kier alpha value is -3.77. The van der Waals surface area contributed by atoms with E-state index >= 15 is 0 Å². The van der Waals surface area contributed by atoms with E-state index in [0.29, 0.717) is 0 Å². The van der Waals surface area contributed by atoms with E-state index < -0.39 is 0 Å². The van der Waals surface area contributed by atoms with E-state index in [1.165, 1.54) is 6.92 Å². The molecule has 0 saturated heterocycles. The molecule has 27 heavy (non-hydrogen) atoms. The fraction of sp³-hybridized carbons (Fsp3) is 0.0417. The topological polar surface area (TPSA) is 34.0 Å². The monoisotopic (exact) mass is 350 g/mol. The van der Waals surface area contributed by atoms with Gasteiger partial charge in [-0.2, -0.15) is 0 Å². The summed E-state index contributed by atoms with van der Waals surface area (Å²) in [5, 5.41) is 1.05. The molecule has 3 aromatic carbocycles. The lowest BCUT2D eigenvalue weighted by molar-refractivity contribution is -0.115. The maximum absolute atomic E-state index is 11.8. The summed E-state index contributed by atoms with van der Waals surface area (Å²) in [6, 6.07) is 28.0. The molecular formula is C24H18N2O. The normalized spacial score (nSPS) is 10.3. The quantitative estimate of drug-likeness (QED) is 0.518. The summed E-state index contributed by atoms with van der Waals surface area (Å²) >= 11 is 0. The zero-order valence-electron chi connectivity index (χ0n) is 14.9. The Labute approximate surface area is 158 Å². The number of carbonyl (C=O) groups is 1.